The molecule has 0 saturated heterocycles. The molecule has 0 spiro atoms. The molecule has 1 atom stereocenters. The van der Waals surface area contributed by atoms with E-state index in [1.807, 2.05) is 25.1 Å². The van der Waals surface area contributed by atoms with Gasteiger partial charge in [-0.1, -0.05) is 28.9 Å². The second-order valence-corrected chi connectivity index (χ2v) is 8.70. The van der Waals surface area contributed by atoms with Gasteiger partial charge in [-0.2, -0.15) is 9.78 Å². The van der Waals surface area contributed by atoms with Gasteiger partial charge in [0, 0.05) is 16.5 Å². The van der Waals surface area contributed by atoms with Crippen LogP contribution in [0.2, 0.25) is 0 Å². The molecule has 0 bridgehead atoms. The Morgan fingerprint density at radius 2 is 2.06 bits per heavy atom. The highest BCUT2D eigenvalue weighted by atomic mass is 79.9. The van der Waals surface area contributed by atoms with Crippen molar-refractivity contribution in [2.75, 3.05) is 14.2 Å². The molecule has 8 nitrogen and oxygen atoms in total. The average Bonchev–Trinajstić information content (AvgIpc) is 2.85. The van der Waals surface area contributed by atoms with E-state index in [1.54, 1.807) is 31.3 Å². The quantitative estimate of drug-likeness (QED) is 0.210. The molecular weight excluding hydrogens is 514 g/mol. The number of aryl methyl sites for hydroxylation is 1. The zero-order valence-electron chi connectivity index (χ0n) is 20.2. The van der Waals surface area contributed by atoms with Crippen molar-refractivity contribution in [2.45, 2.75) is 39.2 Å². The van der Waals surface area contributed by atoms with Crippen LogP contribution in [0.5, 0.6) is 11.5 Å². The molecule has 0 radical (unpaired) electrons. The van der Waals surface area contributed by atoms with Gasteiger partial charge in [-0.25, -0.2) is 9.78 Å². The maximum absolute atomic E-state index is 13.2. The van der Waals surface area contributed by atoms with Crippen LogP contribution in [-0.4, -0.2) is 42.2 Å². The number of hydrogen-bond donors (Lipinski definition) is 0. The SMILES string of the molecule is C=CCc1cc(C=Nn2c(CCC)nc3ccc(Br)cc3c2=O)cc(OC)c1O[C@@H](C)C(=O)OC. The molecule has 0 fully saturated rings. The van der Waals surface area contributed by atoms with Crippen molar-refractivity contribution in [3.05, 3.63) is 74.8 Å². The minimum absolute atomic E-state index is 0.249. The molecule has 0 unspecified atom stereocenters. The van der Waals surface area contributed by atoms with Crippen molar-refractivity contribution in [1.82, 2.24) is 9.66 Å². The molecular formula is C26H28BrN3O5. The number of carbonyl (C=O) groups is 1. The van der Waals surface area contributed by atoms with Crippen LogP contribution in [0.1, 0.15) is 37.2 Å². The smallest absolute Gasteiger partial charge is 0.346 e. The molecule has 0 aliphatic carbocycles. The molecule has 9 heteroatoms. The van der Waals surface area contributed by atoms with Crippen LogP contribution in [0.15, 0.2) is 57.4 Å². The first kappa shape index (κ1) is 26.2. The Hall–Kier alpha value is -3.46. The molecule has 3 aromatic rings. The molecule has 1 aromatic heterocycles. The molecule has 0 aliphatic rings. The third kappa shape index (κ3) is 5.97. The lowest BCUT2D eigenvalue weighted by Crippen LogP contribution is -2.25. The lowest BCUT2D eigenvalue weighted by molar-refractivity contribution is -0.147. The highest BCUT2D eigenvalue weighted by Crippen LogP contribution is 2.34. The lowest BCUT2D eigenvalue weighted by atomic mass is 10.1. The largest absolute Gasteiger partial charge is 0.493 e. The number of fused-ring (bicyclic) bond motifs is 1. The van der Waals surface area contributed by atoms with Gasteiger partial charge < -0.3 is 14.2 Å². The van der Waals surface area contributed by atoms with E-state index in [0.29, 0.717) is 46.6 Å². The Morgan fingerprint density at radius 3 is 2.71 bits per heavy atom. The molecule has 1 heterocycles. The lowest BCUT2D eigenvalue weighted by Gasteiger charge is -2.18. The number of allylic oxidation sites excluding steroid dienone is 1. The van der Waals surface area contributed by atoms with Gasteiger partial charge in [-0.05, 0) is 55.7 Å². The number of rotatable bonds is 10. The van der Waals surface area contributed by atoms with E-state index >= 15 is 0 Å². The van der Waals surface area contributed by atoms with Crippen LogP contribution in [-0.2, 0) is 22.4 Å². The zero-order chi connectivity index (χ0) is 25.5. The van der Waals surface area contributed by atoms with E-state index in [-0.39, 0.29) is 5.56 Å². The van der Waals surface area contributed by atoms with Gasteiger partial charge in [0.2, 0.25) is 0 Å². The number of benzene rings is 2. The van der Waals surface area contributed by atoms with E-state index < -0.39 is 12.1 Å². The van der Waals surface area contributed by atoms with Gasteiger partial charge in [-0.3, -0.25) is 4.79 Å². The van der Waals surface area contributed by atoms with Gasteiger partial charge in [0.15, 0.2) is 17.6 Å². The summed E-state index contributed by atoms with van der Waals surface area (Å²) >= 11 is 3.41. The Kier molecular flexibility index (Phi) is 8.81. The van der Waals surface area contributed by atoms with Crippen molar-refractivity contribution >= 4 is 39.0 Å². The van der Waals surface area contributed by atoms with Gasteiger partial charge in [0.05, 0.1) is 31.3 Å². The van der Waals surface area contributed by atoms with E-state index in [0.717, 1.165) is 16.5 Å². The molecule has 2 aromatic carbocycles. The summed E-state index contributed by atoms with van der Waals surface area (Å²) in [6, 6.07) is 8.99. The highest BCUT2D eigenvalue weighted by Gasteiger charge is 2.20. The molecule has 0 aliphatic heterocycles. The van der Waals surface area contributed by atoms with Crippen LogP contribution >= 0.6 is 15.9 Å². The summed E-state index contributed by atoms with van der Waals surface area (Å²) in [6.07, 6.45) is 4.35. The molecule has 184 valence electrons. The first-order valence-corrected chi connectivity index (χ1v) is 11.9. The van der Waals surface area contributed by atoms with Crippen molar-refractivity contribution in [1.29, 1.82) is 0 Å². The number of ether oxygens (including phenoxy) is 3. The zero-order valence-corrected chi connectivity index (χ0v) is 21.8. The first-order chi connectivity index (χ1) is 16.8. The number of nitrogens with zero attached hydrogens (tertiary/aromatic N) is 3. The summed E-state index contributed by atoms with van der Waals surface area (Å²) in [5.41, 5.74) is 1.81. The Balaban J connectivity index is 2.09. The maximum Gasteiger partial charge on any atom is 0.346 e. The number of aromatic nitrogens is 2. The number of halogens is 1. The van der Waals surface area contributed by atoms with Gasteiger partial charge in [0.25, 0.3) is 5.56 Å². The summed E-state index contributed by atoms with van der Waals surface area (Å²) in [5, 5.41) is 4.96. The standard InChI is InChI=1S/C26H28BrN3O5/c1-6-8-18-12-17(13-22(33-4)24(18)35-16(3)26(32)34-5)15-28-30-23(9-7-2)29-21-11-10-19(27)14-20(21)25(30)31/h6,10-16H,1,7-9H2,2-5H3/t16-/m0/s1. The van der Waals surface area contributed by atoms with Gasteiger partial charge in [-0.15, -0.1) is 6.58 Å². The summed E-state index contributed by atoms with van der Waals surface area (Å²) in [6.45, 7) is 7.43. The second kappa shape index (κ2) is 11.8. The van der Waals surface area contributed by atoms with E-state index in [4.69, 9.17) is 14.2 Å². The van der Waals surface area contributed by atoms with Crippen LogP contribution in [0.25, 0.3) is 10.9 Å². The summed E-state index contributed by atoms with van der Waals surface area (Å²) in [5.74, 6) is 0.918. The minimum Gasteiger partial charge on any atom is -0.493 e. The third-order valence-corrected chi connectivity index (χ3v) is 5.73. The maximum atomic E-state index is 13.2. The predicted octanol–water partition coefficient (Wildman–Crippen LogP) is 4.67. The van der Waals surface area contributed by atoms with Crippen molar-refractivity contribution < 1.29 is 19.0 Å². The Morgan fingerprint density at radius 1 is 1.29 bits per heavy atom. The van der Waals surface area contributed by atoms with Crippen LogP contribution in [0.4, 0.5) is 0 Å². The molecule has 0 N–H and O–H groups in total. The second-order valence-electron chi connectivity index (χ2n) is 7.79. The Bertz CT molecular complexity index is 1330. The highest BCUT2D eigenvalue weighted by molar-refractivity contribution is 9.10. The fraction of sp³-hybridized carbons (Fsp3) is 0.308. The summed E-state index contributed by atoms with van der Waals surface area (Å²) < 4.78 is 18.3. The van der Waals surface area contributed by atoms with E-state index in [2.05, 4.69) is 32.6 Å². The molecule has 35 heavy (non-hydrogen) atoms. The predicted molar refractivity (Wildman–Crippen MR) is 140 cm³/mol. The third-order valence-electron chi connectivity index (χ3n) is 5.24. The Labute approximate surface area is 212 Å². The van der Waals surface area contributed by atoms with Gasteiger partial charge in [0.1, 0.15) is 5.82 Å². The number of esters is 1. The van der Waals surface area contributed by atoms with Crippen molar-refractivity contribution in [2.24, 2.45) is 5.10 Å². The molecule has 0 saturated carbocycles. The minimum atomic E-state index is -0.824. The summed E-state index contributed by atoms with van der Waals surface area (Å²) in [7, 11) is 2.82. The number of methoxy groups -OCH3 is 2. The molecule has 3 rings (SSSR count). The van der Waals surface area contributed by atoms with Crippen LogP contribution < -0.4 is 15.0 Å². The molecule has 0 amide bonds. The van der Waals surface area contributed by atoms with E-state index in [1.165, 1.54) is 18.9 Å². The summed E-state index contributed by atoms with van der Waals surface area (Å²) in [4.78, 5) is 29.8. The monoisotopic (exact) mass is 541 g/mol. The van der Waals surface area contributed by atoms with E-state index in [9.17, 15) is 9.59 Å². The van der Waals surface area contributed by atoms with Crippen molar-refractivity contribution in [3.8, 4) is 11.5 Å². The fourth-order valence-corrected chi connectivity index (χ4v) is 3.93. The van der Waals surface area contributed by atoms with Crippen molar-refractivity contribution in [3.63, 3.8) is 0 Å². The topological polar surface area (TPSA) is 92.0 Å². The normalized spacial score (nSPS) is 12.0. The average molecular weight is 542 g/mol. The fourth-order valence-electron chi connectivity index (χ4n) is 3.57. The number of hydrogen-bond acceptors (Lipinski definition) is 7. The first-order valence-electron chi connectivity index (χ1n) is 11.1. The van der Waals surface area contributed by atoms with Crippen LogP contribution in [0.3, 0.4) is 0 Å². The number of carbonyl (C=O) groups excluding carboxylic acids is 1. The van der Waals surface area contributed by atoms with Gasteiger partial charge >= 0.3 is 5.97 Å². The van der Waals surface area contributed by atoms with Crippen LogP contribution in [0, 0.1) is 0 Å².